The second-order valence-corrected chi connectivity index (χ2v) is 9.81. The lowest BCUT2D eigenvalue weighted by Crippen LogP contribution is -2.33. The van der Waals surface area contributed by atoms with Crippen LogP contribution in [0.15, 0.2) is 22.7 Å². The predicted molar refractivity (Wildman–Crippen MR) is 112 cm³/mol. The third kappa shape index (κ3) is 6.35. The number of thiophene rings is 1. The van der Waals surface area contributed by atoms with E-state index in [1.807, 2.05) is 0 Å². The summed E-state index contributed by atoms with van der Waals surface area (Å²) in [5.74, 6) is 2.23. The molecule has 1 aliphatic carbocycles. The van der Waals surface area contributed by atoms with E-state index in [9.17, 15) is 4.79 Å². The van der Waals surface area contributed by atoms with Crippen LogP contribution in [0.3, 0.4) is 0 Å². The van der Waals surface area contributed by atoms with Crippen molar-refractivity contribution in [2.45, 2.75) is 76.5 Å². The first kappa shape index (κ1) is 20.4. The van der Waals surface area contributed by atoms with Gasteiger partial charge in [-0.05, 0) is 43.6 Å². The summed E-state index contributed by atoms with van der Waals surface area (Å²) in [5.41, 5.74) is 0. The third-order valence-electron chi connectivity index (χ3n) is 4.72. The van der Waals surface area contributed by atoms with Gasteiger partial charge in [0.05, 0.1) is 5.75 Å². The van der Waals surface area contributed by atoms with Gasteiger partial charge in [0.1, 0.15) is 5.82 Å². The van der Waals surface area contributed by atoms with Crippen LogP contribution in [-0.2, 0) is 11.2 Å². The number of amides is 1. The molecule has 7 heteroatoms. The van der Waals surface area contributed by atoms with Crippen molar-refractivity contribution in [2.24, 2.45) is 5.92 Å². The second kappa shape index (κ2) is 9.73. The summed E-state index contributed by atoms with van der Waals surface area (Å²) >= 11 is 3.26. The Morgan fingerprint density at radius 3 is 2.81 bits per heavy atom. The molecule has 1 atom stereocenters. The number of thioether (sulfide) groups is 1. The Hall–Kier alpha value is -1.34. The molecule has 2 heterocycles. The highest BCUT2D eigenvalue weighted by atomic mass is 32.2. The van der Waals surface area contributed by atoms with Crippen LogP contribution in [0.25, 0.3) is 0 Å². The number of nitrogens with one attached hydrogen (secondary N) is 1. The van der Waals surface area contributed by atoms with Crippen LogP contribution in [-0.4, -0.2) is 32.5 Å². The van der Waals surface area contributed by atoms with Gasteiger partial charge in [-0.2, -0.15) is 0 Å². The van der Waals surface area contributed by atoms with Gasteiger partial charge in [-0.3, -0.25) is 4.79 Å². The molecule has 1 saturated carbocycles. The number of carbonyl (C=O) groups excluding carboxylic acids is 1. The number of rotatable bonds is 11. The van der Waals surface area contributed by atoms with Crippen molar-refractivity contribution in [3.63, 3.8) is 0 Å². The highest BCUT2D eigenvalue weighted by Crippen LogP contribution is 2.39. The van der Waals surface area contributed by atoms with Crippen LogP contribution < -0.4 is 5.32 Å². The quantitative estimate of drug-likeness (QED) is 0.550. The van der Waals surface area contributed by atoms with E-state index in [2.05, 4.69) is 58.4 Å². The van der Waals surface area contributed by atoms with E-state index in [-0.39, 0.29) is 11.9 Å². The molecular weight excluding hydrogens is 376 g/mol. The zero-order valence-corrected chi connectivity index (χ0v) is 18.1. The van der Waals surface area contributed by atoms with E-state index in [1.165, 1.54) is 35.9 Å². The summed E-state index contributed by atoms with van der Waals surface area (Å²) in [7, 11) is 0. The smallest absolute Gasteiger partial charge is 0.230 e. The van der Waals surface area contributed by atoms with Crippen LogP contribution in [0, 0.1) is 5.92 Å². The second-order valence-electron chi connectivity index (χ2n) is 7.84. The summed E-state index contributed by atoms with van der Waals surface area (Å²) in [4.78, 5) is 13.6. The molecular formula is C20H30N4OS2. The van der Waals surface area contributed by atoms with Gasteiger partial charge in [0.25, 0.3) is 0 Å². The zero-order valence-electron chi connectivity index (χ0n) is 16.5. The SMILES string of the molecule is CC(C)CCC[C@H](C)NC(=O)CSc1nnc(Cc2cccs2)n1C1CC1. The molecule has 0 unspecified atom stereocenters. The first-order chi connectivity index (χ1) is 13.0. The normalized spacial score (nSPS) is 15.3. The molecule has 1 aliphatic rings. The molecule has 0 saturated heterocycles. The molecule has 2 aromatic rings. The van der Waals surface area contributed by atoms with Gasteiger partial charge in [-0.15, -0.1) is 21.5 Å². The molecule has 2 aromatic heterocycles. The number of nitrogens with zero attached hydrogens (tertiary/aromatic N) is 3. The van der Waals surface area contributed by atoms with Crippen LogP contribution >= 0.6 is 23.1 Å². The van der Waals surface area contributed by atoms with E-state index in [4.69, 9.17) is 0 Å². The lowest BCUT2D eigenvalue weighted by Gasteiger charge is -2.14. The minimum absolute atomic E-state index is 0.0854. The van der Waals surface area contributed by atoms with Crippen molar-refractivity contribution in [1.82, 2.24) is 20.1 Å². The largest absolute Gasteiger partial charge is 0.353 e. The minimum Gasteiger partial charge on any atom is -0.353 e. The summed E-state index contributed by atoms with van der Waals surface area (Å²) in [5, 5.41) is 14.9. The maximum Gasteiger partial charge on any atom is 0.230 e. The predicted octanol–water partition coefficient (Wildman–Crippen LogP) is 4.69. The van der Waals surface area contributed by atoms with Crippen LogP contribution in [0.5, 0.6) is 0 Å². The number of aromatic nitrogens is 3. The third-order valence-corrected chi connectivity index (χ3v) is 6.54. The maximum absolute atomic E-state index is 12.3. The van der Waals surface area contributed by atoms with Crippen LogP contribution in [0.4, 0.5) is 0 Å². The summed E-state index contributed by atoms with van der Waals surface area (Å²) in [6.45, 7) is 6.57. The monoisotopic (exact) mass is 406 g/mol. The summed E-state index contributed by atoms with van der Waals surface area (Å²) < 4.78 is 2.25. The first-order valence-corrected chi connectivity index (χ1v) is 11.8. The van der Waals surface area contributed by atoms with Crippen LogP contribution in [0.1, 0.15) is 69.6 Å². The highest BCUT2D eigenvalue weighted by Gasteiger charge is 2.30. The van der Waals surface area contributed by atoms with E-state index < -0.39 is 0 Å². The Morgan fingerprint density at radius 2 is 2.15 bits per heavy atom. The Balaban J connectivity index is 1.50. The maximum atomic E-state index is 12.3. The average molecular weight is 407 g/mol. The summed E-state index contributed by atoms with van der Waals surface area (Å²) in [6.07, 6.45) is 6.60. The van der Waals surface area contributed by atoms with Crippen molar-refractivity contribution in [2.75, 3.05) is 5.75 Å². The van der Waals surface area contributed by atoms with Crippen molar-refractivity contribution in [3.8, 4) is 0 Å². The topological polar surface area (TPSA) is 59.8 Å². The molecule has 148 valence electrons. The molecule has 0 aliphatic heterocycles. The molecule has 1 amide bonds. The van der Waals surface area contributed by atoms with E-state index in [0.29, 0.717) is 11.8 Å². The fourth-order valence-corrected chi connectivity index (χ4v) is 4.68. The van der Waals surface area contributed by atoms with Crippen molar-refractivity contribution >= 4 is 29.0 Å². The standard InChI is InChI=1S/C20H30N4OS2/c1-14(2)6-4-7-15(3)21-19(25)13-27-20-23-22-18(24(20)16-9-10-16)12-17-8-5-11-26-17/h5,8,11,14-16H,4,6-7,9-10,12-13H2,1-3H3,(H,21,25)/t15-/m0/s1. The zero-order chi connectivity index (χ0) is 19.2. The lowest BCUT2D eigenvalue weighted by atomic mass is 10.0. The Morgan fingerprint density at radius 1 is 1.33 bits per heavy atom. The molecule has 0 aromatic carbocycles. The average Bonchev–Trinajstić information content (AvgIpc) is 3.16. The molecule has 0 radical (unpaired) electrons. The number of hydrogen-bond acceptors (Lipinski definition) is 5. The Labute approximate surface area is 170 Å². The minimum atomic E-state index is 0.0854. The van der Waals surface area contributed by atoms with Gasteiger partial charge in [-0.1, -0.05) is 44.5 Å². The summed E-state index contributed by atoms with van der Waals surface area (Å²) in [6, 6.07) is 4.94. The van der Waals surface area contributed by atoms with Gasteiger partial charge in [0.2, 0.25) is 5.91 Å². The Bertz CT molecular complexity index is 722. The number of carbonyl (C=O) groups is 1. The van der Waals surface area contributed by atoms with E-state index >= 15 is 0 Å². The van der Waals surface area contributed by atoms with Crippen LogP contribution in [0.2, 0.25) is 0 Å². The Kier molecular flexibility index (Phi) is 7.35. The first-order valence-electron chi connectivity index (χ1n) is 9.91. The molecule has 0 bridgehead atoms. The lowest BCUT2D eigenvalue weighted by molar-refractivity contribution is -0.119. The van der Waals surface area contributed by atoms with Crippen molar-refractivity contribution in [1.29, 1.82) is 0 Å². The highest BCUT2D eigenvalue weighted by molar-refractivity contribution is 7.99. The van der Waals surface area contributed by atoms with E-state index in [1.54, 1.807) is 11.3 Å². The van der Waals surface area contributed by atoms with Gasteiger partial charge in [0, 0.05) is 23.4 Å². The fourth-order valence-electron chi connectivity index (χ4n) is 3.15. The molecule has 1 fully saturated rings. The molecule has 3 rings (SSSR count). The number of hydrogen-bond donors (Lipinski definition) is 1. The van der Waals surface area contributed by atoms with E-state index in [0.717, 1.165) is 36.2 Å². The fraction of sp³-hybridized carbons (Fsp3) is 0.650. The van der Waals surface area contributed by atoms with Gasteiger partial charge < -0.3 is 9.88 Å². The molecule has 27 heavy (non-hydrogen) atoms. The molecule has 5 nitrogen and oxygen atoms in total. The van der Waals surface area contributed by atoms with Gasteiger partial charge in [-0.25, -0.2) is 0 Å². The molecule has 0 spiro atoms. The van der Waals surface area contributed by atoms with Gasteiger partial charge >= 0.3 is 0 Å². The van der Waals surface area contributed by atoms with Gasteiger partial charge in [0.15, 0.2) is 5.16 Å². The van der Waals surface area contributed by atoms with Crippen molar-refractivity contribution in [3.05, 3.63) is 28.2 Å². The van der Waals surface area contributed by atoms with Crippen molar-refractivity contribution < 1.29 is 4.79 Å². The molecule has 1 N–H and O–H groups in total.